The zero-order chi connectivity index (χ0) is 14.9. The van der Waals surface area contributed by atoms with E-state index >= 15 is 0 Å². The largest absolute Gasteiger partial charge is 0.381 e. The lowest BCUT2D eigenvalue weighted by molar-refractivity contribution is 0.805. The molecule has 0 unspecified atom stereocenters. The monoisotopic (exact) mass is 321 g/mol. The molecule has 110 valence electrons. The Balaban J connectivity index is 1.85. The number of thioether (sulfide) groups is 1. The van der Waals surface area contributed by atoms with Crippen molar-refractivity contribution in [2.45, 2.75) is 17.6 Å². The molecule has 0 aliphatic heterocycles. The average molecular weight is 322 g/mol. The number of para-hydroxylation sites is 1. The van der Waals surface area contributed by atoms with Gasteiger partial charge in [0.1, 0.15) is 5.02 Å². The number of nitrogens with zero attached hydrogens (tertiary/aromatic N) is 2. The summed E-state index contributed by atoms with van der Waals surface area (Å²) in [5.74, 6) is 0. The van der Waals surface area contributed by atoms with Crippen molar-refractivity contribution in [2.24, 2.45) is 0 Å². The van der Waals surface area contributed by atoms with E-state index in [2.05, 4.69) is 16.7 Å². The summed E-state index contributed by atoms with van der Waals surface area (Å²) in [6.07, 6.45) is 6.13. The SMILES string of the molecule is CSC1(CNc2cnn(-c3ccccc3)c(=O)c2Cl)CC1. The fraction of sp³-hybridized carbons (Fsp3) is 0.333. The van der Waals surface area contributed by atoms with Crippen LogP contribution in [0.5, 0.6) is 0 Å². The van der Waals surface area contributed by atoms with Crippen LogP contribution in [0, 0.1) is 0 Å². The standard InChI is InChI=1S/C15H16ClN3OS/c1-21-15(7-8-15)10-17-12-9-18-19(14(20)13(12)16)11-5-3-2-4-6-11/h2-6,9,17H,7-8,10H2,1H3. The molecule has 0 atom stereocenters. The van der Waals surface area contributed by atoms with Crippen LogP contribution >= 0.6 is 23.4 Å². The third kappa shape index (κ3) is 2.94. The zero-order valence-electron chi connectivity index (χ0n) is 11.7. The molecule has 0 spiro atoms. The summed E-state index contributed by atoms with van der Waals surface area (Å²) in [7, 11) is 0. The molecule has 2 aromatic rings. The van der Waals surface area contributed by atoms with E-state index in [-0.39, 0.29) is 10.6 Å². The van der Waals surface area contributed by atoms with E-state index in [0.717, 1.165) is 6.54 Å². The Labute approximate surface area is 132 Å². The maximum Gasteiger partial charge on any atom is 0.292 e. The Bertz CT molecular complexity index is 698. The molecular formula is C15H16ClN3OS. The molecular weight excluding hydrogens is 306 g/mol. The van der Waals surface area contributed by atoms with Crippen LogP contribution in [0.25, 0.3) is 5.69 Å². The molecule has 0 radical (unpaired) electrons. The number of benzene rings is 1. The van der Waals surface area contributed by atoms with Crippen LogP contribution in [0.3, 0.4) is 0 Å². The van der Waals surface area contributed by atoms with Gasteiger partial charge >= 0.3 is 0 Å². The van der Waals surface area contributed by atoms with Gasteiger partial charge in [-0.1, -0.05) is 29.8 Å². The Morgan fingerprint density at radius 3 is 2.71 bits per heavy atom. The second-order valence-electron chi connectivity index (χ2n) is 5.17. The van der Waals surface area contributed by atoms with Gasteiger partial charge in [-0.05, 0) is 31.2 Å². The molecule has 1 saturated carbocycles. The number of halogens is 1. The number of hydrogen-bond acceptors (Lipinski definition) is 4. The molecule has 0 bridgehead atoms. The van der Waals surface area contributed by atoms with Gasteiger partial charge in [0.2, 0.25) is 0 Å². The summed E-state index contributed by atoms with van der Waals surface area (Å²) in [5, 5.41) is 7.65. The maximum atomic E-state index is 12.3. The van der Waals surface area contributed by atoms with Crippen LogP contribution in [0.2, 0.25) is 5.02 Å². The number of aromatic nitrogens is 2. The molecule has 6 heteroatoms. The molecule has 1 aromatic carbocycles. The minimum atomic E-state index is -0.304. The summed E-state index contributed by atoms with van der Waals surface area (Å²) in [6.45, 7) is 0.810. The van der Waals surface area contributed by atoms with Gasteiger partial charge in [0.15, 0.2) is 0 Å². The van der Waals surface area contributed by atoms with Crippen molar-refractivity contribution >= 4 is 29.1 Å². The van der Waals surface area contributed by atoms with Crippen LogP contribution in [0.4, 0.5) is 5.69 Å². The topological polar surface area (TPSA) is 46.9 Å². The smallest absolute Gasteiger partial charge is 0.292 e. The number of anilines is 1. The fourth-order valence-electron chi connectivity index (χ4n) is 2.16. The second kappa shape index (κ2) is 5.73. The van der Waals surface area contributed by atoms with Crippen LogP contribution in [0.1, 0.15) is 12.8 Å². The van der Waals surface area contributed by atoms with E-state index in [1.165, 1.54) is 17.5 Å². The van der Waals surface area contributed by atoms with E-state index in [1.807, 2.05) is 42.1 Å². The Morgan fingerprint density at radius 2 is 2.10 bits per heavy atom. The van der Waals surface area contributed by atoms with E-state index in [0.29, 0.717) is 16.1 Å². The molecule has 1 fully saturated rings. The van der Waals surface area contributed by atoms with Crippen LogP contribution in [-0.4, -0.2) is 27.3 Å². The van der Waals surface area contributed by atoms with Crippen LogP contribution in [0.15, 0.2) is 41.3 Å². The van der Waals surface area contributed by atoms with Gasteiger partial charge in [0.05, 0.1) is 17.6 Å². The summed E-state index contributed by atoms with van der Waals surface area (Å²) in [6, 6.07) is 9.26. The van der Waals surface area contributed by atoms with E-state index in [9.17, 15) is 4.79 Å². The third-order valence-corrected chi connectivity index (χ3v) is 5.55. The summed E-state index contributed by atoms with van der Waals surface area (Å²) >= 11 is 8.06. The third-order valence-electron chi connectivity index (χ3n) is 3.76. The maximum absolute atomic E-state index is 12.3. The predicted octanol–water partition coefficient (Wildman–Crippen LogP) is 3.19. The minimum Gasteiger partial charge on any atom is -0.381 e. The molecule has 0 amide bonds. The molecule has 4 nitrogen and oxygen atoms in total. The number of nitrogens with one attached hydrogen (secondary N) is 1. The Kier molecular flexibility index (Phi) is 3.95. The Morgan fingerprint density at radius 1 is 1.38 bits per heavy atom. The van der Waals surface area contributed by atoms with Gasteiger partial charge in [-0.25, -0.2) is 0 Å². The highest BCUT2D eigenvalue weighted by Gasteiger charge is 2.41. The van der Waals surface area contributed by atoms with Crippen LogP contribution in [-0.2, 0) is 0 Å². The van der Waals surface area contributed by atoms with Gasteiger partial charge in [-0.15, -0.1) is 0 Å². The van der Waals surface area contributed by atoms with Gasteiger partial charge in [-0.2, -0.15) is 21.5 Å². The van der Waals surface area contributed by atoms with E-state index in [1.54, 1.807) is 6.20 Å². The van der Waals surface area contributed by atoms with E-state index in [4.69, 9.17) is 11.6 Å². The summed E-state index contributed by atoms with van der Waals surface area (Å²) < 4.78 is 1.62. The normalized spacial score (nSPS) is 15.7. The van der Waals surface area contributed by atoms with Crippen molar-refractivity contribution in [1.29, 1.82) is 0 Å². The lowest BCUT2D eigenvalue weighted by atomic mass is 10.3. The highest BCUT2D eigenvalue weighted by Crippen LogP contribution is 2.47. The quantitative estimate of drug-likeness (QED) is 0.918. The molecule has 21 heavy (non-hydrogen) atoms. The Hall–Kier alpha value is -1.46. The average Bonchev–Trinajstić information content (AvgIpc) is 3.30. The van der Waals surface area contributed by atoms with Gasteiger partial charge in [0, 0.05) is 11.3 Å². The highest BCUT2D eigenvalue weighted by molar-refractivity contribution is 8.00. The molecule has 1 N–H and O–H groups in total. The first-order valence-electron chi connectivity index (χ1n) is 6.77. The van der Waals surface area contributed by atoms with Crippen molar-refractivity contribution in [2.75, 3.05) is 18.1 Å². The number of rotatable bonds is 5. The highest BCUT2D eigenvalue weighted by atomic mass is 35.5. The first kappa shape index (κ1) is 14.5. The molecule has 1 aromatic heterocycles. The second-order valence-corrected chi connectivity index (χ2v) is 6.82. The van der Waals surface area contributed by atoms with Crippen molar-refractivity contribution < 1.29 is 0 Å². The first-order chi connectivity index (χ1) is 10.2. The van der Waals surface area contributed by atoms with Gasteiger partial charge in [-0.3, -0.25) is 4.79 Å². The first-order valence-corrected chi connectivity index (χ1v) is 8.38. The van der Waals surface area contributed by atoms with Crippen molar-refractivity contribution in [3.63, 3.8) is 0 Å². The predicted molar refractivity (Wildman–Crippen MR) is 88.8 cm³/mol. The minimum absolute atomic E-state index is 0.186. The lowest BCUT2D eigenvalue weighted by Crippen LogP contribution is -2.24. The fourth-order valence-corrected chi connectivity index (χ4v) is 3.08. The van der Waals surface area contributed by atoms with Crippen molar-refractivity contribution in [1.82, 2.24) is 9.78 Å². The lowest BCUT2D eigenvalue weighted by Gasteiger charge is -2.15. The number of hydrogen-bond donors (Lipinski definition) is 1. The molecule has 3 rings (SSSR count). The molecule has 1 heterocycles. The molecule has 0 saturated heterocycles. The molecule has 1 aliphatic rings. The zero-order valence-corrected chi connectivity index (χ0v) is 13.2. The van der Waals surface area contributed by atoms with Crippen molar-refractivity contribution in [3.8, 4) is 5.69 Å². The van der Waals surface area contributed by atoms with E-state index < -0.39 is 0 Å². The summed E-state index contributed by atoms with van der Waals surface area (Å²) in [4.78, 5) is 12.3. The van der Waals surface area contributed by atoms with Gasteiger partial charge < -0.3 is 5.32 Å². The molecule has 1 aliphatic carbocycles. The summed E-state index contributed by atoms with van der Waals surface area (Å²) in [5.41, 5.74) is 1.01. The van der Waals surface area contributed by atoms with Gasteiger partial charge in [0.25, 0.3) is 5.56 Å². The van der Waals surface area contributed by atoms with Crippen LogP contribution < -0.4 is 10.9 Å². The van der Waals surface area contributed by atoms with Crippen molar-refractivity contribution in [3.05, 3.63) is 51.9 Å².